The zero-order valence-electron chi connectivity index (χ0n) is 13.4. The van der Waals surface area contributed by atoms with Gasteiger partial charge in [-0.05, 0) is 29.3 Å². The van der Waals surface area contributed by atoms with Gasteiger partial charge < -0.3 is 9.67 Å². The monoisotopic (exact) mass is 322 g/mol. The lowest BCUT2D eigenvalue weighted by atomic mass is 10.1. The maximum absolute atomic E-state index is 11.7. The number of aryl methyl sites for hydroxylation is 1. The van der Waals surface area contributed by atoms with Gasteiger partial charge in [-0.15, -0.1) is 10.2 Å². The van der Waals surface area contributed by atoms with Crippen molar-refractivity contribution in [3.63, 3.8) is 0 Å². The standard InChI is InChI=1S/C18H18N4O2/c1-12-19-20-17-11-21(16(18(23)24)10-22(12)17)9-13-6-7-14-4-2-3-5-15(14)8-13/h2-8,16H,9-11H2,1H3,(H,23,24). The van der Waals surface area contributed by atoms with Gasteiger partial charge in [0.25, 0.3) is 0 Å². The predicted molar refractivity (Wildman–Crippen MR) is 89.4 cm³/mol. The molecule has 2 heterocycles. The summed E-state index contributed by atoms with van der Waals surface area (Å²) in [6.45, 7) is 3.31. The number of benzene rings is 2. The van der Waals surface area contributed by atoms with Crippen LogP contribution in [0.2, 0.25) is 0 Å². The van der Waals surface area contributed by atoms with Gasteiger partial charge in [0.15, 0.2) is 0 Å². The number of aliphatic carboxylic acids is 1. The highest BCUT2D eigenvalue weighted by Crippen LogP contribution is 2.22. The van der Waals surface area contributed by atoms with Gasteiger partial charge in [0, 0.05) is 6.54 Å². The van der Waals surface area contributed by atoms with Crippen molar-refractivity contribution in [1.29, 1.82) is 0 Å². The van der Waals surface area contributed by atoms with Crippen LogP contribution in [-0.4, -0.2) is 36.8 Å². The number of fused-ring (bicyclic) bond motifs is 2. The summed E-state index contributed by atoms with van der Waals surface area (Å²) in [5.74, 6) is 0.780. The van der Waals surface area contributed by atoms with Gasteiger partial charge in [0.1, 0.15) is 17.7 Å². The molecule has 0 saturated heterocycles. The highest BCUT2D eigenvalue weighted by atomic mass is 16.4. The molecule has 4 rings (SSSR count). The first-order valence-corrected chi connectivity index (χ1v) is 7.95. The zero-order chi connectivity index (χ0) is 16.7. The predicted octanol–water partition coefficient (Wildman–Crippen LogP) is 2.21. The molecule has 24 heavy (non-hydrogen) atoms. The Morgan fingerprint density at radius 3 is 2.79 bits per heavy atom. The molecule has 1 unspecified atom stereocenters. The lowest BCUT2D eigenvalue weighted by Gasteiger charge is -2.33. The van der Waals surface area contributed by atoms with Crippen LogP contribution in [0.5, 0.6) is 0 Å². The minimum Gasteiger partial charge on any atom is -0.480 e. The fraction of sp³-hybridized carbons (Fsp3) is 0.278. The molecule has 2 aromatic carbocycles. The van der Waals surface area contributed by atoms with Gasteiger partial charge in [0.2, 0.25) is 0 Å². The molecule has 6 heteroatoms. The molecule has 3 aromatic rings. The molecule has 122 valence electrons. The van der Waals surface area contributed by atoms with Crippen LogP contribution in [0.15, 0.2) is 42.5 Å². The number of hydrogen-bond donors (Lipinski definition) is 1. The van der Waals surface area contributed by atoms with Gasteiger partial charge in [0.05, 0.1) is 13.1 Å². The molecule has 0 spiro atoms. The SMILES string of the molecule is Cc1nnc2n1CC(C(=O)O)N(Cc1ccc3ccccc3c1)C2. The third-order valence-electron chi connectivity index (χ3n) is 4.64. The van der Waals surface area contributed by atoms with E-state index >= 15 is 0 Å². The maximum Gasteiger partial charge on any atom is 0.322 e. The summed E-state index contributed by atoms with van der Waals surface area (Å²) in [5, 5.41) is 20.2. The number of carbonyl (C=O) groups is 1. The summed E-state index contributed by atoms with van der Waals surface area (Å²) in [6.07, 6.45) is 0. The van der Waals surface area contributed by atoms with Crippen LogP contribution in [0.1, 0.15) is 17.2 Å². The lowest BCUT2D eigenvalue weighted by Crippen LogP contribution is -2.47. The molecule has 0 fully saturated rings. The molecule has 1 aliphatic rings. The molecule has 1 aliphatic heterocycles. The van der Waals surface area contributed by atoms with Crippen LogP contribution in [-0.2, 0) is 24.4 Å². The average Bonchev–Trinajstić information content (AvgIpc) is 2.94. The Hall–Kier alpha value is -2.73. The molecule has 0 bridgehead atoms. The van der Waals surface area contributed by atoms with Crippen LogP contribution in [0.4, 0.5) is 0 Å². The van der Waals surface area contributed by atoms with E-state index in [4.69, 9.17) is 0 Å². The van der Waals surface area contributed by atoms with E-state index < -0.39 is 12.0 Å². The normalized spacial score (nSPS) is 17.8. The third-order valence-corrected chi connectivity index (χ3v) is 4.64. The van der Waals surface area contributed by atoms with E-state index in [9.17, 15) is 9.90 Å². The van der Waals surface area contributed by atoms with Crippen molar-refractivity contribution < 1.29 is 9.90 Å². The Labute approximate surface area is 139 Å². The second-order valence-corrected chi connectivity index (χ2v) is 6.21. The van der Waals surface area contributed by atoms with Gasteiger partial charge in [-0.25, -0.2) is 0 Å². The largest absolute Gasteiger partial charge is 0.480 e. The molecule has 0 radical (unpaired) electrons. The molecular weight excluding hydrogens is 304 g/mol. The Morgan fingerprint density at radius 1 is 1.21 bits per heavy atom. The van der Waals surface area contributed by atoms with Crippen LogP contribution < -0.4 is 0 Å². The Morgan fingerprint density at radius 2 is 2.00 bits per heavy atom. The second kappa shape index (κ2) is 5.72. The van der Waals surface area contributed by atoms with Gasteiger partial charge in [-0.1, -0.05) is 36.4 Å². The smallest absolute Gasteiger partial charge is 0.322 e. The summed E-state index contributed by atoms with van der Waals surface area (Å²) in [6, 6.07) is 13.9. The molecule has 1 N–H and O–H groups in total. The van der Waals surface area contributed by atoms with Crippen molar-refractivity contribution in [2.45, 2.75) is 32.6 Å². The lowest BCUT2D eigenvalue weighted by molar-refractivity contribution is -0.145. The summed E-state index contributed by atoms with van der Waals surface area (Å²) in [4.78, 5) is 13.7. The average molecular weight is 322 g/mol. The van der Waals surface area contributed by atoms with E-state index in [1.54, 1.807) is 0 Å². The number of aromatic nitrogens is 3. The van der Waals surface area contributed by atoms with E-state index in [2.05, 4.69) is 40.5 Å². The minimum absolute atomic E-state index is 0.386. The topological polar surface area (TPSA) is 71.2 Å². The number of hydrogen-bond acceptors (Lipinski definition) is 4. The fourth-order valence-corrected chi connectivity index (χ4v) is 3.33. The first kappa shape index (κ1) is 14.8. The first-order valence-electron chi connectivity index (χ1n) is 7.95. The van der Waals surface area contributed by atoms with Gasteiger partial charge in [-0.3, -0.25) is 9.69 Å². The highest BCUT2D eigenvalue weighted by Gasteiger charge is 2.33. The van der Waals surface area contributed by atoms with E-state index in [1.165, 1.54) is 5.39 Å². The summed E-state index contributed by atoms with van der Waals surface area (Å²) in [5.41, 5.74) is 1.10. The van der Waals surface area contributed by atoms with Crippen LogP contribution in [0, 0.1) is 6.92 Å². The van der Waals surface area contributed by atoms with Crippen LogP contribution in [0.3, 0.4) is 0 Å². The van der Waals surface area contributed by atoms with E-state index in [0.717, 1.165) is 22.6 Å². The van der Waals surface area contributed by atoms with Crippen molar-refractivity contribution >= 4 is 16.7 Å². The molecule has 6 nitrogen and oxygen atoms in total. The molecule has 0 amide bonds. The van der Waals surface area contributed by atoms with Crippen molar-refractivity contribution in [3.05, 3.63) is 59.7 Å². The van der Waals surface area contributed by atoms with Crippen LogP contribution in [0.25, 0.3) is 10.8 Å². The Balaban J connectivity index is 1.64. The Kier molecular flexibility index (Phi) is 3.54. The minimum atomic E-state index is -0.811. The van der Waals surface area contributed by atoms with E-state index in [0.29, 0.717) is 19.6 Å². The summed E-state index contributed by atoms with van der Waals surface area (Å²) in [7, 11) is 0. The third kappa shape index (κ3) is 2.55. The van der Waals surface area contributed by atoms with Gasteiger partial charge in [-0.2, -0.15) is 0 Å². The molecule has 1 aromatic heterocycles. The van der Waals surface area contributed by atoms with Crippen LogP contribution >= 0.6 is 0 Å². The molecule has 1 atom stereocenters. The first-order chi connectivity index (χ1) is 11.6. The second-order valence-electron chi connectivity index (χ2n) is 6.21. The van der Waals surface area contributed by atoms with E-state index in [1.807, 2.05) is 28.5 Å². The quantitative estimate of drug-likeness (QED) is 0.800. The summed E-state index contributed by atoms with van der Waals surface area (Å²) < 4.78 is 1.90. The molecule has 0 saturated carbocycles. The number of carboxylic acids is 1. The summed E-state index contributed by atoms with van der Waals surface area (Å²) >= 11 is 0. The van der Waals surface area contributed by atoms with Crippen molar-refractivity contribution in [2.24, 2.45) is 0 Å². The van der Waals surface area contributed by atoms with Gasteiger partial charge >= 0.3 is 5.97 Å². The van der Waals surface area contributed by atoms with E-state index in [-0.39, 0.29) is 0 Å². The maximum atomic E-state index is 11.7. The fourth-order valence-electron chi connectivity index (χ4n) is 3.33. The molecular formula is C18H18N4O2. The number of rotatable bonds is 3. The number of nitrogens with zero attached hydrogens (tertiary/aromatic N) is 4. The Bertz CT molecular complexity index is 918. The molecule has 0 aliphatic carbocycles. The van der Waals surface area contributed by atoms with Crippen molar-refractivity contribution in [3.8, 4) is 0 Å². The zero-order valence-corrected chi connectivity index (χ0v) is 13.4. The number of carboxylic acid groups (broad SMARTS) is 1. The van der Waals surface area contributed by atoms with Crippen molar-refractivity contribution in [1.82, 2.24) is 19.7 Å². The highest BCUT2D eigenvalue weighted by molar-refractivity contribution is 5.83. The van der Waals surface area contributed by atoms with Crippen molar-refractivity contribution in [2.75, 3.05) is 0 Å².